The molecule has 3 heteroatoms. The van der Waals surface area contributed by atoms with Crippen LogP contribution < -0.4 is 5.73 Å². The SMILES string of the molecule is NCC(Cc1cccc(Br)c1)c1cccc(Br)c1. The Morgan fingerprint density at radius 1 is 0.944 bits per heavy atom. The van der Waals surface area contributed by atoms with Gasteiger partial charge in [0.2, 0.25) is 0 Å². The predicted octanol–water partition coefficient (Wildman–Crippen LogP) is 4.50. The van der Waals surface area contributed by atoms with E-state index in [1.54, 1.807) is 0 Å². The van der Waals surface area contributed by atoms with E-state index in [2.05, 4.69) is 68.3 Å². The Morgan fingerprint density at radius 2 is 1.61 bits per heavy atom. The van der Waals surface area contributed by atoms with Crippen molar-refractivity contribution >= 4 is 31.9 Å². The highest BCUT2D eigenvalue weighted by atomic mass is 79.9. The van der Waals surface area contributed by atoms with E-state index in [4.69, 9.17) is 5.73 Å². The van der Waals surface area contributed by atoms with Crippen molar-refractivity contribution in [2.75, 3.05) is 6.54 Å². The summed E-state index contributed by atoms with van der Waals surface area (Å²) in [5.74, 6) is 0.358. The first kappa shape index (κ1) is 13.8. The van der Waals surface area contributed by atoms with Crippen molar-refractivity contribution in [1.82, 2.24) is 0 Å². The van der Waals surface area contributed by atoms with E-state index in [9.17, 15) is 0 Å². The van der Waals surface area contributed by atoms with Crippen molar-refractivity contribution in [2.45, 2.75) is 12.3 Å². The molecule has 2 N–H and O–H groups in total. The number of halogens is 2. The van der Waals surface area contributed by atoms with Gasteiger partial charge in [-0.3, -0.25) is 0 Å². The minimum Gasteiger partial charge on any atom is -0.330 e. The molecule has 0 aliphatic heterocycles. The molecule has 0 fully saturated rings. The molecule has 2 aromatic carbocycles. The van der Waals surface area contributed by atoms with Crippen molar-refractivity contribution in [3.63, 3.8) is 0 Å². The van der Waals surface area contributed by atoms with Crippen molar-refractivity contribution in [1.29, 1.82) is 0 Å². The van der Waals surface area contributed by atoms with Crippen LogP contribution in [-0.4, -0.2) is 6.54 Å². The standard InChI is InChI=1S/C15H15Br2N/c16-14-5-1-3-11(8-14)7-13(10-18)12-4-2-6-15(17)9-12/h1-6,8-9,13H,7,10,18H2. The van der Waals surface area contributed by atoms with E-state index in [1.807, 2.05) is 12.1 Å². The van der Waals surface area contributed by atoms with E-state index in [0.29, 0.717) is 12.5 Å². The van der Waals surface area contributed by atoms with Crippen LogP contribution >= 0.6 is 31.9 Å². The Hall–Kier alpha value is -0.640. The van der Waals surface area contributed by atoms with Crippen molar-refractivity contribution in [3.8, 4) is 0 Å². The van der Waals surface area contributed by atoms with Crippen LogP contribution in [0.3, 0.4) is 0 Å². The Morgan fingerprint density at radius 3 is 2.22 bits per heavy atom. The molecule has 2 rings (SSSR count). The summed E-state index contributed by atoms with van der Waals surface area (Å²) >= 11 is 7.01. The van der Waals surface area contributed by atoms with E-state index >= 15 is 0 Å². The fraction of sp³-hybridized carbons (Fsp3) is 0.200. The van der Waals surface area contributed by atoms with Gasteiger partial charge in [-0.15, -0.1) is 0 Å². The summed E-state index contributed by atoms with van der Waals surface area (Å²) in [6.45, 7) is 0.656. The predicted molar refractivity (Wildman–Crippen MR) is 83.8 cm³/mol. The summed E-state index contributed by atoms with van der Waals surface area (Å²) < 4.78 is 2.22. The van der Waals surface area contributed by atoms with E-state index in [-0.39, 0.29) is 0 Å². The summed E-state index contributed by atoms with van der Waals surface area (Å²) in [6.07, 6.45) is 0.965. The molecule has 1 nitrogen and oxygen atoms in total. The summed E-state index contributed by atoms with van der Waals surface area (Å²) in [4.78, 5) is 0. The first-order valence-electron chi connectivity index (χ1n) is 5.89. The number of hydrogen-bond donors (Lipinski definition) is 1. The Bertz CT molecular complexity index is 525. The lowest BCUT2D eigenvalue weighted by molar-refractivity contribution is 0.694. The summed E-state index contributed by atoms with van der Waals surface area (Å²) in [7, 11) is 0. The maximum Gasteiger partial charge on any atom is 0.0178 e. The first-order valence-corrected chi connectivity index (χ1v) is 7.47. The molecule has 0 radical (unpaired) electrons. The van der Waals surface area contributed by atoms with Crippen molar-refractivity contribution in [3.05, 3.63) is 68.6 Å². The highest BCUT2D eigenvalue weighted by Gasteiger charge is 2.11. The van der Waals surface area contributed by atoms with E-state index in [0.717, 1.165) is 15.4 Å². The fourth-order valence-corrected chi connectivity index (χ4v) is 2.91. The Kier molecular flexibility index (Phi) is 4.98. The second-order valence-corrected chi connectivity index (χ2v) is 6.15. The molecule has 0 saturated heterocycles. The number of rotatable bonds is 4. The molecule has 1 atom stereocenters. The minimum atomic E-state index is 0.358. The number of nitrogens with two attached hydrogens (primary N) is 1. The third-order valence-electron chi connectivity index (χ3n) is 2.98. The molecule has 0 saturated carbocycles. The average molecular weight is 369 g/mol. The lowest BCUT2D eigenvalue weighted by Crippen LogP contribution is -2.15. The maximum atomic E-state index is 5.91. The highest BCUT2D eigenvalue weighted by Crippen LogP contribution is 2.24. The molecule has 0 amide bonds. The molecular weight excluding hydrogens is 354 g/mol. The highest BCUT2D eigenvalue weighted by molar-refractivity contribution is 9.10. The summed E-state index contributed by atoms with van der Waals surface area (Å²) in [6, 6.07) is 16.8. The first-order chi connectivity index (χ1) is 8.69. The molecule has 94 valence electrons. The number of benzene rings is 2. The van der Waals surface area contributed by atoms with Crippen LogP contribution in [0.1, 0.15) is 17.0 Å². The molecule has 0 aliphatic carbocycles. The van der Waals surface area contributed by atoms with Gasteiger partial charge in [0.15, 0.2) is 0 Å². The fourth-order valence-electron chi connectivity index (χ4n) is 2.05. The second kappa shape index (κ2) is 6.50. The van der Waals surface area contributed by atoms with Crippen LogP contribution in [0.4, 0.5) is 0 Å². The van der Waals surface area contributed by atoms with Gasteiger partial charge < -0.3 is 5.73 Å². The zero-order valence-electron chi connectivity index (χ0n) is 9.94. The molecule has 0 heterocycles. The van der Waals surface area contributed by atoms with Crippen LogP contribution in [0.2, 0.25) is 0 Å². The monoisotopic (exact) mass is 367 g/mol. The maximum absolute atomic E-state index is 5.91. The van der Waals surface area contributed by atoms with Gasteiger partial charge in [0, 0.05) is 14.9 Å². The average Bonchev–Trinajstić information content (AvgIpc) is 2.36. The van der Waals surface area contributed by atoms with Crippen molar-refractivity contribution < 1.29 is 0 Å². The molecule has 0 aromatic heterocycles. The molecular formula is C15H15Br2N. The largest absolute Gasteiger partial charge is 0.330 e. The Labute approximate surface area is 125 Å². The second-order valence-electron chi connectivity index (χ2n) is 4.32. The van der Waals surface area contributed by atoms with Gasteiger partial charge in [0.1, 0.15) is 0 Å². The molecule has 0 spiro atoms. The smallest absolute Gasteiger partial charge is 0.0178 e. The van der Waals surface area contributed by atoms with E-state index < -0.39 is 0 Å². The molecule has 18 heavy (non-hydrogen) atoms. The normalized spacial score (nSPS) is 12.4. The lowest BCUT2D eigenvalue weighted by Gasteiger charge is -2.16. The van der Waals surface area contributed by atoms with Crippen LogP contribution in [0.25, 0.3) is 0 Å². The minimum absolute atomic E-state index is 0.358. The zero-order valence-corrected chi connectivity index (χ0v) is 13.1. The van der Waals surface area contributed by atoms with Gasteiger partial charge >= 0.3 is 0 Å². The van der Waals surface area contributed by atoms with E-state index in [1.165, 1.54) is 11.1 Å². The van der Waals surface area contributed by atoms with Gasteiger partial charge in [0.05, 0.1) is 0 Å². The third kappa shape index (κ3) is 3.67. The third-order valence-corrected chi connectivity index (χ3v) is 3.96. The van der Waals surface area contributed by atoms with Crippen molar-refractivity contribution in [2.24, 2.45) is 5.73 Å². The molecule has 1 unspecified atom stereocenters. The van der Waals surface area contributed by atoms with Gasteiger partial charge in [-0.2, -0.15) is 0 Å². The van der Waals surface area contributed by atoms with Crippen LogP contribution in [0.5, 0.6) is 0 Å². The van der Waals surface area contributed by atoms with Crippen LogP contribution in [-0.2, 0) is 6.42 Å². The Balaban J connectivity index is 2.19. The zero-order chi connectivity index (χ0) is 13.0. The van der Waals surface area contributed by atoms with Crippen LogP contribution in [0, 0.1) is 0 Å². The molecule has 0 bridgehead atoms. The summed E-state index contributed by atoms with van der Waals surface area (Å²) in [5, 5.41) is 0. The molecule has 2 aromatic rings. The van der Waals surface area contributed by atoms with Gasteiger partial charge in [-0.1, -0.05) is 56.1 Å². The van der Waals surface area contributed by atoms with Gasteiger partial charge in [0.25, 0.3) is 0 Å². The lowest BCUT2D eigenvalue weighted by atomic mass is 9.92. The molecule has 0 aliphatic rings. The van der Waals surface area contributed by atoms with Gasteiger partial charge in [-0.25, -0.2) is 0 Å². The number of hydrogen-bond acceptors (Lipinski definition) is 1. The topological polar surface area (TPSA) is 26.0 Å². The quantitative estimate of drug-likeness (QED) is 0.844. The summed E-state index contributed by atoms with van der Waals surface area (Å²) in [5.41, 5.74) is 8.50. The van der Waals surface area contributed by atoms with Crippen LogP contribution in [0.15, 0.2) is 57.5 Å². The van der Waals surface area contributed by atoms with Gasteiger partial charge in [-0.05, 0) is 48.4 Å².